The summed E-state index contributed by atoms with van der Waals surface area (Å²) in [5, 5.41) is 1.89. The molecule has 0 aliphatic carbocycles. The van der Waals surface area contributed by atoms with E-state index in [0.29, 0.717) is 36.6 Å². The fourth-order valence-corrected chi connectivity index (χ4v) is 13.6. The Labute approximate surface area is 804 Å². The van der Waals surface area contributed by atoms with Gasteiger partial charge in [0.1, 0.15) is 23.1 Å². The Bertz CT molecular complexity index is 4130. The summed E-state index contributed by atoms with van der Waals surface area (Å²) < 4.78 is 225. The van der Waals surface area contributed by atoms with E-state index >= 15 is 0 Å². The largest absolute Gasteiger partial charge is 0.299 e. The highest BCUT2D eigenvalue weighted by Crippen LogP contribution is 2.21. The molecule has 0 aliphatic heterocycles. The summed E-state index contributed by atoms with van der Waals surface area (Å²) in [7, 11) is -29.6. The number of carbonyl (C=O) groups is 5. The van der Waals surface area contributed by atoms with Crippen molar-refractivity contribution in [1.29, 1.82) is 0 Å². The molecule has 130 heavy (non-hydrogen) atoms. The Kier molecular flexibility index (Phi) is 85.6. The summed E-state index contributed by atoms with van der Waals surface area (Å²) in [6, 6.07) is 0.0276. The van der Waals surface area contributed by atoms with Gasteiger partial charge in [0.05, 0.1) is 47.2 Å². The summed E-state index contributed by atoms with van der Waals surface area (Å²) >= 11 is 0. The maximum absolute atomic E-state index is 11.0. The Hall–Kier alpha value is -3.13. The maximum atomic E-state index is 11.0. The zero-order valence-corrected chi connectivity index (χ0v) is 99.4. The Balaban J connectivity index is -0.0000000765. The molecule has 0 fully saturated rings. The number of hydrogen-bond acceptors (Lipinski definition) is 25. The van der Waals surface area contributed by atoms with Gasteiger partial charge in [-0.15, -0.1) is 0 Å². The van der Waals surface area contributed by atoms with Gasteiger partial charge >= 0.3 is 0 Å². The molecule has 0 aliphatic rings. The lowest BCUT2D eigenvalue weighted by molar-refractivity contribution is -0.126. The van der Waals surface area contributed by atoms with Crippen molar-refractivity contribution in [2.75, 3.05) is 47.0 Å². The molecule has 30 nitrogen and oxygen atoms in total. The van der Waals surface area contributed by atoms with Crippen molar-refractivity contribution in [3.05, 3.63) is 36.6 Å². The second-order valence-electron chi connectivity index (χ2n) is 42.2. The fraction of sp³-hybridized carbons (Fsp3) is 0.878. The van der Waals surface area contributed by atoms with Crippen molar-refractivity contribution in [1.82, 2.24) is 23.6 Å². The molecule has 0 rings (SSSR count). The first-order valence-corrected chi connectivity index (χ1v) is 59.7. The van der Waals surface area contributed by atoms with E-state index in [1.807, 2.05) is 125 Å². The highest BCUT2D eigenvalue weighted by molar-refractivity contribution is 7.95. The Morgan fingerprint density at radius 2 is 0.477 bits per heavy atom. The van der Waals surface area contributed by atoms with E-state index in [4.69, 9.17) is 0 Å². The minimum absolute atomic E-state index is 0. The molecule has 796 valence electrons. The quantitative estimate of drug-likeness (QED) is 0.0707. The lowest BCUT2D eigenvalue weighted by Gasteiger charge is -2.18. The van der Waals surface area contributed by atoms with Gasteiger partial charge in [-0.05, 0) is 221 Å². The predicted molar refractivity (Wildman–Crippen MR) is 560 cm³/mol. The third kappa shape index (κ3) is 112. The standard InChI is InChI=1S/3C7H14O.C7H12O.C6H13NO2S.3C6H14O2S.C6H12O2S.C6H12O.4C5H13NO2S.C5H12O2S.CH4/c4*1-5-6(8)7(2,3)4;1-5-10(8,9)7-6(2,3)4;4*1-5-9(7,8)6(2,3)4;1-5(7)6(2,3)4;1-5(2,3)6-9(4,7)8;3*1-4-9(7,8)6-5(2)3;1-5(2,3)8(4,6)7;/h3*5H2,1-4H3;5H,1H2,2-4H3;5,7H,1H2,2-4H3;3*5H2,1-4H3;5H,1H2,2-4H3;1-4H3;6H,1-4H3;3*5-6H,4H2,1-3H3;1-4H3;1H4. The van der Waals surface area contributed by atoms with Crippen LogP contribution in [0, 0.1) is 27.1 Å². The van der Waals surface area contributed by atoms with E-state index in [-0.39, 0.29) is 104 Å². The average Bonchev–Trinajstić information content (AvgIpc) is 0.917. The lowest BCUT2D eigenvalue weighted by atomic mass is 9.89. The van der Waals surface area contributed by atoms with Gasteiger partial charge in [-0.3, -0.25) is 24.0 Å². The molecule has 0 aromatic rings. The minimum Gasteiger partial charge on any atom is -0.299 e. The van der Waals surface area contributed by atoms with Crippen LogP contribution in [-0.4, -0.2) is 213 Å². The second-order valence-corrected chi connectivity index (χ2v) is 66.2. The van der Waals surface area contributed by atoms with E-state index in [1.54, 1.807) is 235 Å². The zero-order valence-electron chi connectivity index (χ0n) is 91.2. The molecule has 5 N–H and O–H groups in total. The normalized spacial score (nSPS) is 12.6. The molecule has 0 bridgehead atoms. The summed E-state index contributed by atoms with van der Waals surface area (Å²) in [4.78, 5) is 53.7. The number of allylic oxidation sites excluding steroid dienone is 1. The highest BCUT2D eigenvalue weighted by atomic mass is 32.2. The van der Waals surface area contributed by atoms with Gasteiger partial charge < -0.3 is 0 Å². The smallest absolute Gasteiger partial charge is 0.233 e. The van der Waals surface area contributed by atoms with Crippen molar-refractivity contribution < 1.29 is 108 Å². The summed E-state index contributed by atoms with van der Waals surface area (Å²) in [6.45, 7) is 103. The van der Waals surface area contributed by atoms with Gasteiger partial charge in [-0.1, -0.05) is 173 Å². The van der Waals surface area contributed by atoms with Crippen LogP contribution >= 0.6 is 0 Å². The molecule has 0 unspecified atom stereocenters. The van der Waals surface area contributed by atoms with Crippen LogP contribution in [0.1, 0.15) is 387 Å². The predicted octanol–water partition coefficient (Wildman–Crippen LogP) is 18.1. The van der Waals surface area contributed by atoms with Crippen LogP contribution in [0.4, 0.5) is 0 Å². The molecular weight excluding hydrogens is 1870 g/mol. The minimum atomic E-state index is -3.26. The van der Waals surface area contributed by atoms with Crippen molar-refractivity contribution in [3.8, 4) is 0 Å². The summed E-state index contributed by atoms with van der Waals surface area (Å²) in [5.41, 5.74) is -1.55. The van der Waals surface area contributed by atoms with Crippen molar-refractivity contribution in [3.63, 3.8) is 0 Å². The highest BCUT2D eigenvalue weighted by Gasteiger charge is 2.30. The van der Waals surface area contributed by atoms with Crippen molar-refractivity contribution in [2.45, 2.75) is 440 Å². The third-order valence-corrected chi connectivity index (χ3v) is 34.5. The SMILES string of the molecule is C.C=CC(=O)C(C)(C)C.C=CS(=O)(=O)C(C)(C)C.C=CS(=O)(=O)NC(C)(C)C.CC(=O)C(C)(C)C.CC(C)(C)NS(C)(=O)=O.CC(C)(C)S(C)(=O)=O.CCC(=O)C(C)(C)C.CCC(=O)C(C)(C)C.CCC(=O)C(C)(C)C.CCS(=O)(=O)C(C)(C)C.CCS(=O)(=O)C(C)(C)C.CCS(=O)(=O)C(C)(C)C.CCS(=O)(=O)NC(C)C.CCS(=O)(=O)NC(C)C.CCS(=O)(=O)NC(C)C. The van der Waals surface area contributed by atoms with Crippen LogP contribution in [0.2, 0.25) is 0 Å². The number of sulfonamides is 5. The van der Waals surface area contributed by atoms with Crippen LogP contribution in [0.15, 0.2) is 36.6 Å². The van der Waals surface area contributed by atoms with Crippen molar-refractivity contribution in [2.24, 2.45) is 27.1 Å². The molecule has 0 amide bonds. The van der Waals surface area contributed by atoms with E-state index in [9.17, 15) is 108 Å². The molecule has 0 radical (unpaired) electrons. The topological polar surface area (TPSA) is 487 Å². The van der Waals surface area contributed by atoms with Gasteiger partial charge in [-0.25, -0.2) is 108 Å². The molecule has 0 saturated carbocycles. The molecular formula is C90H201N5O25S10. The van der Waals surface area contributed by atoms with Crippen LogP contribution in [0.3, 0.4) is 0 Å². The number of sulfone groups is 5. The maximum Gasteiger partial charge on any atom is 0.233 e. The van der Waals surface area contributed by atoms with E-state index in [1.165, 1.54) is 12.3 Å². The zero-order chi connectivity index (χ0) is 110. The van der Waals surface area contributed by atoms with Crippen LogP contribution in [0.25, 0.3) is 0 Å². The van der Waals surface area contributed by atoms with E-state index < -0.39 is 129 Å². The van der Waals surface area contributed by atoms with Gasteiger partial charge in [0.15, 0.2) is 55.0 Å². The number of hydrogen-bond donors (Lipinski definition) is 5. The average molecular weight is 2070 g/mol. The fourth-order valence-electron chi connectivity index (χ4n) is 5.80. The molecule has 0 heterocycles. The summed E-state index contributed by atoms with van der Waals surface area (Å²) in [6.07, 6.45) is 5.72. The van der Waals surface area contributed by atoms with Gasteiger partial charge in [0, 0.05) is 110 Å². The van der Waals surface area contributed by atoms with Crippen LogP contribution in [0.5, 0.6) is 0 Å². The molecule has 0 aromatic heterocycles. The monoisotopic (exact) mass is 2070 g/mol. The third-order valence-electron chi connectivity index (χ3n) is 15.1. The molecule has 0 saturated heterocycles. The summed E-state index contributed by atoms with van der Waals surface area (Å²) in [5.74, 6) is 2.50. The molecule has 0 spiro atoms. The molecule has 0 atom stereocenters. The van der Waals surface area contributed by atoms with Crippen LogP contribution in [-0.2, 0) is 123 Å². The molecule has 40 heteroatoms. The number of ketones is 5. The number of rotatable bonds is 20. The van der Waals surface area contributed by atoms with E-state index in [2.05, 4.69) is 43.3 Å². The number of Topliss-reactive ketones (excluding diaryl/α,β-unsaturated/α-hetero) is 4. The van der Waals surface area contributed by atoms with Gasteiger partial charge in [0.25, 0.3) is 0 Å². The Morgan fingerprint density at radius 3 is 0.492 bits per heavy atom. The number of nitrogens with one attached hydrogen (secondary N) is 5. The van der Waals surface area contributed by atoms with Crippen molar-refractivity contribution >= 4 is 128 Å². The second kappa shape index (κ2) is 68.0. The Morgan fingerprint density at radius 1 is 0.292 bits per heavy atom. The van der Waals surface area contributed by atoms with E-state index in [0.717, 1.165) is 17.1 Å². The van der Waals surface area contributed by atoms with Crippen LogP contribution < -0.4 is 23.6 Å². The first-order chi connectivity index (χ1) is 55.3. The first kappa shape index (κ1) is 164. The first-order valence-electron chi connectivity index (χ1n) is 42.9. The van der Waals surface area contributed by atoms with Gasteiger partial charge in [0.2, 0.25) is 50.1 Å². The number of carbonyl (C=O) groups excluding carboxylic acids is 5. The molecule has 0 aromatic carbocycles. The lowest BCUT2D eigenvalue weighted by Crippen LogP contribution is -2.39. The van der Waals surface area contributed by atoms with Gasteiger partial charge in [-0.2, -0.15) is 0 Å².